The zero-order valence-corrected chi connectivity index (χ0v) is 13.8. The van der Waals surface area contributed by atoms with Gasteiger partial charge >= 0.3 is 0 Å². The highest BCUT2D eigenvalue weighted by atomic mass is 19.1. The summed E-state index contributed by atoms with van der Waals surface area (Å²) in [5, 5.41) is 5.41. The van der Waals surface area contributed by atoms with Crippen molar-refractivity contribution < 1.29 is 23.5 Å². The van der Waals surface area contributed by atoms with Gasteiger partial charge in [-0.15, -0.1) is 0 Å². The Hall–Kier alpha value is -3.09. The fourth-order valence-electron chi connectivity index (χ4n) is 3.17. The molecular weight excluding hydrogens is 339 g/mol. The SMILES string of the molecule is O=C1C[C@H](C(=O)NC[C@H]2COc3ccccc3O2)c2ccc(F)cc2N1. The highest BCUT2D eigenvalue weighted by Crippen LogP contribution is 2.33. The van der Waals surface area contributed by atoms with E-state index in [0.717, 1.165) is 0 Å². The summed E-state index contributed by atoms with van der Waals surface area (Å²) in [6.45, 7) is 0.575. The second-order valence-electron chi connectivity index (χ2n) is 6.28. The first-order valence-corrected chi connectivity index (χ1v) is 8.35. The third kappa shape index (κ3) is 3.20. The van der Waals surface area contributed by atoms with Crippen molar-refractivity contribution in [2.45, 2.75) is 18.4 Å². The van der Waals surface area contributed by atoms with Crippen LogP contribution in [0.3, 0.4) is 0 Å². The van der Waals surface area contributed by atoms with Gasteiger partial charge in [0, 0.05) is 12.1 Å². The van der Waals surface area contributed by atoms with E-state index in [1.807, 2.05) is 18.2 Å². The molecule has 2 aliphatic rings. The fourth-order valence-corrected chi connectivity index (χ4v) is 3.17. The van der Waals surface area contributed by atoms with Gasteiger partial charge < -0.3 is 20.1 Å². The summed E-state index contributed by atoms with van der Waals surface area (Å²) in [7, 11) is 0. The summed E-state index contributed by atoms with van der Waals surface area (Å²) in [6.07, 6.45) is -0.297. The molecule has 4 rings (SSSR count). The number of fused-ring (bicyclic) bond motifs is 2. The molecule has 2 heterocycles. The van der Waals surface area contributed by atoms with E-state index in [0.29, 0.717) is 29.4 Å². The minimum Gasteiger partial charge on any atom is -0.486 e. The smallest absolute Gasteiger partial charge is 0.228 e. The van der Waals surface area contributed by atoms with Crippen LogP contribution in [0.4, 0.5) is 10.1 Å². The van der Waals surface area contributed by atoms with Crippen molar-refractivity contribution in [2.75, 3.05) is 18.5 Å². The van der Waals surface area contributed by atoms with Crippen molar-refractivity contribution in [2.24, 2.45) is 0 Å². The van der Waals surface area contributed by atoms with E-state index in [-0.39, 0.29) is 30.9 Å². The number of carbonyl (C=O) groups excluding carboxylic acids is 2. The van der Waals surface area contributed by atoms with E-state index in [2.05, 4.69) is 10.6 Å². The maximum Gasteiger partial charge on any atom is 0.228 e. The van der Waals surface area contributed by atoms with Crippen LogP contribution < -0.4 is 20.1 Å². The van der Waals surface area contributed by atoms with E-state index < -0.39 is 11.7 Å². The molecule has 0 aliphatic carbocycles. The number of para-hydroxylation sites is 2. The third-order valence-electron chi connectivity index (χ3n) is 4.44. The Morgan fingerprint density at radius 1 is 1.23 bits per heavy atom. The summed E-state index contributed by atoms with van der Waals surface area (Å²) in [6, 6.07) is 11.4. The van der Waals surface area contributed by atoms with E-state index in [9.17, 15) is 14.0 Å². The molecule has 0 aromatic heterocycles. The molecule has 6 nitrogen and oxygen atoms in total. The van der Waals surface area contributed by atoms with Crippen molar-refractivity contribution in [3.8, 4) is 11.5 Å². The molecule has 2 aliphatic heterocycles. The van der Waals surface area contributed by atoms with Crippen LogP contribution in [0.1, 0.15) is 17.9 Å². The van der Waals surface area contributed by atoms with E-state index in [1.165, 1.54) is 18.2 Å². The van der Waals surface area contributed by atoms with Gasteiger partial charge in [0.15, 0.2) is 11.5 Å². The van der Waals surface area contributed by atoms with Crippen LogP contribution in [0.15, 0.2) is 42.5 Å². The normalized spacial score (nSPS) is 20.7. The summed E-state index contributed by atoms with van der Waals surface area (Å²) in [4.78, 5) is 24.4. The first-order valence-electron chi connectivity index (χ1n) is 8.35. The van der Waals surface area contributed by atoms with Crippen molar-refractivity contribution in [3.05, 3.63) is 53.8 Å². The van der Waals surface area contributed by atoms with Crippen LogP contribution in [0.2, 0.25) is 0 Å². The molecule has 2 atom stereocenters. The lowest BCUT2D eigenvalue weighted by Crippen LogP contribution is -2.43. The van der Waals surface area contributed by atoms with Crippen molar-refractivity contribution >= 4 is 17.5 Å². The van der Waals surface area contributed by atoms with Crippen LogP contribution in [-0.2, 0) is 9.59 Å². The van der Waals surface area contributed by atoms with Crippen LogP contribution in [-0.4, -0.2) is 31.1 Å². The van der Waals surface area contributed by atoms with Crippen molar-refractivity contribution in [1.29, 1.82) is 0 Å². The van der Waals surface area contributed by atoms with E-state index in [4.69, 9.17) is 9.47 Å². The monoisotopic (exact) mass is 356 g/mol. The first kappa shape index (κ1) is 16.4. The van der Waals surface area contributed by atoms with Gasteiger partial charge in [-0.3, -0.25) is 9.59 Å². The van der Waals surface area contributed by atoms with Crippen LogP contribution in [0, 0.1) is 5.82 Å². The van der Waals surface area contributed by atoms with E-state index >= 15 is 0 Å². The average Bonchev–Trinajstić information content (AvgIpc) is 2.65. The summed E-state index contributed by atoms with van der Waals surface area (Å²) in [5.74, 6) is -0.414. The molecule has 7 heteroatoms. The summed E-state index contributed by atoms with van der Waals surface area (Å²) < 4.78 is 24.8. The minimum absolute atomic E-state index is 0.0231. The van der Waals surface area contributed by atoms with Crippen molar-refractivity contribution in [3.63, 3.8) is 0 Å². The Morgan fingerprint density at radius 3 is 2.88 bits per heavy atom. The molecule has 0 spiro atoms. The van der Waals surface area contributed by atoms with Crippen LogP contribution in [0.25, 0.3) is 0 Å². The predicted octanol–water partition coefficient (Wildman–Crippen LogP) is 2.21. The minimum atomic E-state index is -0.656. The quantitative estimate of drug-likeness (QED) is 0.884. The maximum atomic E-state index is 13.4. The zero-order valence-electron chi connectivity index (χ0n) is 13.8. The number of ether oxygens (including phenoxy) is 2. The van der Waals surface area contributed by atoms with Crippen LogP contribution in [0.5, 0.6) is 11.5 Å². The number of nitrogens with one attached hydrogen (secondary N) is 2. The Balaban J connectivity index is 1.42. The number of amides is 2. The first-order chi connectivity index (χ1) is 12.6. The summed E-state index contributed by atoms with van der Waals surface area (Å²) >= 11 is 0. The lowest BCUT2D eigenvalue weighted by atomic mass is 9.89. The molecule has 2 N–H and O–H groups in total. The lowest BCUT2D eigenvalue weighted by Gasteiger charge is -2.28. The topological polar surface area (TPSA) is 76.7 Å². The van der Waals surface area contributed by atoms with Gasteiger partial charge in [0.25, 0.3) is 0 Å². The molecule has 2 aromatic rings. The molecular formula is C19H17FN2O4. The number of hydrogen-bond acceptors (Lipinski definition) is 4. The van der Waals surface area contributed by atoms with Gasteiger partial charge in [0.05, 0.1) is 12.5 Å². The molecule has 0 unspecified atom stereocenters. The Morgan fingerprint density at radius 2 is 2.04 bits per heavy atom. The van der Waals surface area contributed by atoms with Gasteiger partial charge in [-0.1, -0.05) is 18.2 Å². The molecule has 0 fully saturated rings. The largest absolute Gasteiger partial charge is 0.486 e. The Bertz CT molecular complexity index is 870. The molecule has 0 bridgehead atoms. The molecule has 0 saturated heterocycles. The Labute approximate surface area is 149 Å². The van der Waals surface area contributed by atoms with Gasteiger partial charge in [-0.25, -0.2) is 4.39 Å². The van der Waals surface area contributed by atoms with Gasteiger partial charge in [0.2, 0.25) is 11.8 Å². The molecule has 0 saturated carbocycles. The molecule has 26 heavy (non-hydrogen) atoms. The average molecular weight is 356 g/mol. The highest BCUT2D eigenvalue weighted by molar-refractivity contribution is 6.01. The number of benzene rings is 2. The molecule has 0 radical (unpaired) electrons. The highest BCUT2D eigenvalue weighted by Gasteiger charge is 2.31. The maximum absolute atomic E-state index is 13.4. The van der Waals surface area contributed by atoms with Gasteiger partial charge in [-0.05, 0) is 29.8 Å². The number of anilines is 1. The number of hydrogen-bond donors (Lipinski definition) is 2. The second kappa shape index (κ2) is 6.67. The number of halogens is 1. The lowest BCUT2D eigenvalue weighted by molar-refractivity contribution is -0.126. The number of rotatable bonds is 3. The molecule has 2 amide bonds. The van der Waals surface area contributed by atoms with Crippen LogP contribution >= 0.6 is 0 Å². The fraction of sp³-hybridized carbons (Fsp3) is 0.263. The van der Waals surface area contributed by atoms with Crippen molar-refractivity contribution in [1.82, 2.24) is 5.32 Å². The predicted molar refractivity (Wildman–Crippen MR) is 91.8 cm³/mol. The standard InChI is InChI=1S/C19H17FN2O4/c20-11-5-6-13-14(8-18(23)22-15(13)7-11)19(24)21-9-12-10-25-16-3-1-2-4-17(16)26-12/h1-7,12,14H,8-10H2,(H,21,24)(H,22,23)/t12-,14-/m0/s1. The third-order valence-corrected chi connectivity index (χ3v) is 4.44. The molecule has 134 valence electrons. The Kier molecular flexibility index (Phi) is 4.20. The zero-order chi connectivity index (χ0) is 18.1. The second-order valence-corrected chi connectivity index (χ2v) is 6.28. The van der Waals surface area contributed by atoms with E-state index in [1.54, 1.807) is 6.07 Å². The van der Waals surface area contributed by atoms with Gasteiger partial charge in [-0.2, -0.15) is 0 Å². The molecule has 2 aromatic carbocycles. The summed E-state index contributed by atoms with van der Waals surface area (Å²) in [5.41, 5.74) is 0.947. The van der Waals surface area contributed by atoms with Gasteiger partial charge in [0.1, 0.15) is 18.5 Å². The number of carbonyl (C=O) groups is 2.